The van der Waals surface area contributed by atoms with Crippen LogP contribution in [0.4, 0.5) is 5.82 Å². The molecule has 3 heteroatoms. The molecule has 0 aliphatic carbocycles. The number of anilines is 1. The van der Waals surface area contributed by atoms with Gasteiger partial charge in [0, 0.05) is 18.5 Å². The summed E-state index contributed by atoms with van der Waals surface area (Å²) in [5.74, 6) is 1.85. The Labute approximate surface area is 171 Å². The summed E-state index contributed by atoms with van der Waals surface area (Å²) in [6.45, 7) is 4.56. The second kappa shape index (κ2) is 7.59. The van der Waals surface area contributed by atoms with Gasteiger partial charge in [-0.2, -0.15) is 0 Å². The molecule has 1 aliphatic heterocycles. The molecule has 0 saturated carbocycles. The predicted molar refractivity (Wildman–Crippen MR) is 118 cm³/mol. The Morgan fingerprint density at radius 2 is 1.69 bits per heavy atom. The van der Waals surface area contributed by atoms with Crippen molar-refractivity contribution < 1.29 is 4.74 Å². The summed E-state index contributed by atoms with van der Waals surface area (Å²) >= 11 is 0. The van der Waals surface area contributed by atoms with Gasteiger partial charge < -0.3 is 9.64 Å². The van der Waals surface area contributed by atoms with Crippen LogP contribution in [0.25, 0.3) is 10.9 Å². The van der Waals surface area contributed by atoms with Gasteiger partial charge in [-0.1, -0.05) is 60.7 Å². The van der Waals surface area contributed by atoms with Crippen LogP contribution in [0, 0.1) is 6.92 Å². The Balaban J connectivity index is 1.44. The maximum atomic E-state index is 6.20. The van der Waals surface area contributed by atoms with E-state index in [1.54, 1.807) is 0 Å². The fourth-order valence-corrected chi connectivity index (χ4v) is 4.02. The van der Waals surface area contributed by atoms with Gasteiger partial charge in [0.25, 0.3) is 0 Å². The van der Waals surface area contributed by atoms with Crippen LogP contribution >= 0.6 is 0 Å². The van der Waals surface area contributed by atoms with Crippen LogP contribution in [0.1, 0.15) is 22.3 Å². The smallest absolute Gasteiger partial charge is 0.146 e. The van der Waals surface area contributed by atoms with Crippen LogP contribution in [-0.2, 0) is 19.6 Å². The first-order valence-corrected chi connectivity index (χ1v) is 10.2. The van der Waals surface area contributed by atoms with Crippen molar-refractivity contribution in [2.45, 2.75) is 26.5 Å². The van der Waals surface area contributed by atoms with Crippen LogP contribution in [0.5, 0.6) is 5.75 Å². The van der Waals surface area contributed by atoms with E-state index in [2.05, 4.69) is 78.6 Å². The van der Waals surface area contributed by atoms with E-state index in [1.807, 2.05) is 12.1 Å². The second-order valence-corrected chi connectivity index (χ2v) is 7.65. The predicted octanol–water partition coefficient (Wildman–Crippen LogP) is 5.68. The topological polar surface area (TPSA) is 25.4 Å². The molecular weight excluding hydrogens is 356 g/mol. The van der Waals surface area contributed by atoms with E-state index in [9.17, 15) is 0 Å². The van der Waals surface area contributed by atoms with Crippen molar-refractivity contribution in [1.29, 1.82) is 0 Å². The molecule has 0 radical (unpaired) electrons. The number of aryl methyl sites for hydroxylation is 1. The van der Waals surface area contributed by atoms with E-state index in [0.29, 0.717) is 6.61 Å². The fraction of sp³-hybridized carbons (Fsp3) is 0.192. The zero-order chi connectivity index (χ0) is 19.6. The molecule has 0 N–H and O–H groups in total. The van der Waals surface area contributed by atoms with Crippen molar-refractivity contribution in [2.75, 3.05) is 11.4 Å². The van der Waals surface area contributed by atoms with Gasteiger partial charge in [-0.25, -0.2) is 4.98 Å². The molecule has 0 amide bonds. The molecule has 29 heavy (non-hydrogen) atoms. The molecule has 1 aromatic heterocycles. The number of hydrogen-bond acceptors (Lipinski definition) is 3. The SMILES string of the molecule is Cc1ccccc1COc1cccc2ccc(N3CCc4ccccc4C3)nc12. The third-order valence-corrected chi connectivity index (χ3v) is 5.77. The van der Waals surface area contributed by atoms with E-state index >= 15 is 0 Å². The van der Waals surface area contributed by atoms with Crippen molar-refractivity contribution in [1.82, 2.24) is 4.98 Å². The Morgan fingerprint density at radius 3 is 2.59 bits per heavy atom. The van der Waals surface area contributed by atoms with E-state index in [1.165, 1.54) is 22.3 Å². The van der Waals surface area contributed by atoms with E-state index in [-0.39, 0.29) is 0 Å². The Hall–Kier alpha value is -3.33. The molecule has 0 saturated heterocycles. The first-order chi connectivity index (χ1) is 14.3. The number of pyridine rings is 1. The minimum absolute atomic E-state index is 0.550. The van der Waals surface area contributed by atoms with E-state index in [0.717, 1.165) is 42.0 Å². The highest BCUT2D eigenvalue weighted by Crippen LogP contribution is 2.29. The average Bonchev–Trinajstić information content (AvgIpc) is 2.78. The van der Waals surface area contributed by atoms with Crippen LogP contribution in [-0.4, -0.2) is 11.5 Å². The Bertz CT molecular complexity index is 1170. The lowest BCUT2D eigenvalue weighted by atomic mass is 10.00. The summed E-state index contributed by atoms with van der Waals surface area (Å²) in [5, 5.41) is 1.11. The molecule has 3 aromatic carbocycles. The third-order valence-electron chi connectivity index (χ3n) is 5.77. The standard InChI is InChI=1S/C26H24N2O/c1-19-7-2-3-10-23(19)18-29-24-12-6-11-21-13-14-25(27-26(21)24)28-16-15-20-8-4-5-9-22(20)17-28/h2-14H,15-18H2,1H3. The quantitative estimate of drug-likeness (QED) is 0.455. The molecule has 4 aromatic rings. The van der Waals surface area contributed by atoms with E-state index < -0.39 is 0 Å². The number of rotatable bonds is 4. The summed E-state index contributed by atoms with van der Waals surface area (Å²) in [7, 11) is 0. The maximum Gasteiger partial charge on any atom is 0.146 e. The molecule has 0 unspecified atom stereocenters. The Morgan fingerprint density at radius 1 is 0.862 bits per heavy atom. The minimum atomic E-state index is 0.550. The van der Waals surface area contributed by atoms with Gasteiger partial charge in [0.1, 0.15) is 23.7 Å². The highest BCUT2D eigenvalue weighted by atomic mass is 16.5. The number of aromatic nitrogens is 1. The molecule has 0 fully saturated rings. The maximum absolute atomic E-state index is 6.20. The van der Waals surface area contributed by atoms with Crippen molar-refractivity contribution in [3.8, 4) is 5.75 Å². The normalized spacial score (nSPS) is 13.3. The molecule has 0 atom stereocenters. The minimum Gasteiger partial charge on any atom is -0.487 e. The molecule has 3 nitrogen and oxygen atoms in total. The van der Waals surface area contributed by atoms with Gasteiger partial charge in [-0.05, 0) is 53.8 Å². The van der Waals surface area contributed by atoms with Crippen LogP contribution in [0.3, 0.4) is 0 Å². The van der Waals surface area contributed by atoms with Crippen molar-refractivity contribution in [3.05, 3.63) is 101 Å². The van der Waals surface area contributed by atoms with Crippen molar-refractivity contribution >= 4 is 16.7 Å². The highest BCUT2D eigenvalue weighted by Gasteiger charge is 2.18. The first-order valence-electron chi connectivity index (χ1n) is 10.2. The van der Waals surface area contributed by atoms with Crippen molar-refractivity contribution in [3.63, 3.8) is 0 Å². The molecule has 2 heterocycles. The van der Waals surface area contributed by atoms with Crippen LogP contribution in [0.15, 0.2) is 78.9 Å². The number of ether oxygens (including phenoxy) is 1. The summed E-state index contributed by atoms with van der Waals surface area (Å²) in [4.78, 5) is 7.37. The van der Waals surface area contributed by atoms with Crippen LogP contribution in [0.2, 0.25) is 0 Å². The summed E-state index contributed by atoms with van der Waals surface area (Å²) in [6.07, 6.45) is 1.06. The molecule has 0 bridgehead atoms. The number of nitrogens with zero attached hydrogens (tertiary/aromatic N) is 2. The molecular formula is C26H24N2O. The molecule has 1 aliphatic rings. The largest absolute Gasteiger partial charge is 0.487 e. The van der Waals surface area contributed by atoms with Gasteiger partial charge in [0.05, 0.1) is 0 Å². The van der Waals surface area contributed by atoms with Gasteiger partial charge in [0.15, 0.2) is 0 Å². The number of benzene rings is 3. The van der Waals surface area contributed by atoms with Gasteiger partial charge in [-0.3, -0.25) is 0 Å². The number of fused-ring (bicyclic) bond motifs is 2. The Kier molecular flexibility index (Phi) is 4.65. The second-order valence-electron chi connectivity index (χ2n) is 7.65. The molecule has 5 rings (SSSR count). The molecule has 144 valence electrons. The summed E-state index contributed by atoms with van der Waals surface area (Å²) in [6, 6.07) is 27.5. The third kappa shape index (κ3) is 3.56. The lowest BCUT2D eigenvalue weighted by Crippen LogP contribution is -2.30. The zero-order valence-electron chi connectivity index (χ0n) is 16.6. The van der Waals surface area contributed by atoms with Gasteiger partial charge in [-0.15, -0.1) is 0 Å². The van der Waals surface area contributed by atoms with Crippen LogP contribution < -0.4 is 9.64 Å². The molecule has 0 spiro atoms. The number of hydrogen-bond donors (Lipinski definition) is 0. The summed E-state index contributed by atoms with van der Waals surface area (Å²) < 4.78 is 6.20. The zero-order valence-corrected chi connectivity index (χ0v) is 16.6. The monoisotopic (exact) mass is 380 g/mol. The highest BCUT2D eigenvalue weighted by molar-refractivity contribution is 5.86. The number of para-hydroxylation sites is 1. The fourth-order valence-electron chi connectivity index (χ4n) is 4.02. The summed E-state index contributed by atoms with van der Waals surface area (Å²) in [5.41, 5.74) is 6.22. The van der Waals surface area contributed by atoms with Crippen molar-refractivity contribution in [2.24, 2.45) is 0 Å². The average molecular weight is 380 g/mol. The lowest BCUT2D eigenvalue weighted by Gasteiger charge is -2.30. The van der Waals surface area contributed by atoms with Gasteiger partial charge >= 0.3 is 0 Å². The first kappa shape index (κ1) is 17.7. The van der Waals surface area contributed by atoms with E-state index in [4.69, 9.17) is 9.72 Å². The lowest BCUT2D eigenvalue weighted by molar-refractivity contribution is 0.308. The van der Waals surface area contributed by atoms with Gasteiger partial charge in [0.2, 0.25) is 0 Å².